The third-order valence-electron chi connectivity index (χ3n) is 4.66. The summed E-state index contributed by atoms with van der Waals surface area (Å²) in [4.78, 5) is 12.8. The Kier molecular flexibility index (Phi) is 5.75. The Morgan fingerprint density at radius 1 is 1.00 bits per heavy atom. The van der Waals surface area contributed by atoms with Crippen molar-refractivity contribution >= 4 is 29.1 Å². The first-order chi connectivity index (χ1) is 14.8. The molecule has 0 fully saturated rings. The average molecular weight is 456 g/mol. The highest BCUT2D eigenvalue weighted by Crippen LogP contribution is 2.19. The summed E-state index contributed by atoms with van der Waals surface area (Å²) in [5, 5.41) is 20.6. The maximum Gasteiger partial charge on any atom is 0.274 e. The van der Waals surface area contributed by atoms with Crippen LogP contribution in [0.1, 0.15) is 35.6 Å². The highest BCUT2D eigenvalue weighted by atomic mass is 35.5. The number of nitrogens with zero attached hydrogens (tertiary/aromatic N) is 6. The van der Waals surface area contributed by atoms with Gasteiger partial charge in [0.25, 0.3) is 5.91 Å². The van der Waals surface area contributed by atoms with Gasteiger partial charge < -0.3 is 5.32 Å². The van der Waals surface area contributed by atoms with Gasteiger partial charge in [0, 0.05) is 10.0 Å². The van der Waals surface area contributed by atoms with Crippen LogP contribution in [-0.4, -0.2) is 35.9 Å². The maximum atomic E-state index is 12.8. The Labute approximate surface area is 188 Å². The lowest BCUT2D eigenvalue weighted by atomic mass is 10.0. The summed E-state index contributed by atoms with van der Waals surface area (Å²) in [6, 6.07) is 14.6. The average Bonchev–Trinajstić information content (AvgIpc) is 3.40. The highest BCUT2D eigenvalue weighted by molar-refractivity contribution is 6.30. The van der Waals surface area contributed by atoms with Crippen LogP contribution in [0.5, 0.6) is 0 Å². The minimum absolute atomic E-state index is 0.182. The molecule has 4 aromatic rings. The Morgan fingerprint density at radius 3 is 2.52 bits per heavy atom. The standard InChI is InChI=1S/C21H19Cl2N7O/c1-21(2,19-13-29(27-26-19)11-14-6-8-15(22)9-7-14)24-20(31)18-12-30(28-25-18)17-5-3-4-16(23)10-17/h3-10,12-13H,11H2,1-2H3,(H,24,31). The molecule has 0 radical (unpaired) electrons. The lowest BCUT2D eigenvalue weighted by Gasteiger charge is -2.22. The molecule has 10 heteroatoms. The van der Waals surface area contributed by atoms with Crippen LogP contribution in [-0.2, 0) is 12.1 Å². The molecule has 4 rings (SSSR count). The van der Waals surface area contributed by atoms with Gasteiger partial charge in [-0.15, -0.1) is 10.2 Å². The number of amides is 1. The van der Waals surface area contributed by atoms with Crippen molar-refractivity contribution in [3.8, 4) is 5.69 Å². The third kappa shape index (κ3) is 4.92. The van der Waals surface area contributed by atoms with E-state index in [1.54, 1.807) is 35.3 Å². The van der Waals surface area contributed by atoms with E-state index in [0.29, 0.717) is 28.0 Å². The molecular formula is C21H19Cl2N7O. The summed E-state index contributed by atoms with van der Waals surface area (Å²) in [7, 11) is 0. The fourth-order valence-electron chi connectivity index (χ4n) is 2.96. The van der Waals surface area contributed by atoms with Crippen molar-refractivity contribution in [2.75, 3.05) is 0 Å². The first-order valence-electron chi connectivity index (χ1n) is 9.46. The van der Waals surface area contributed by atoms with E-state index in [4.69, 9.17) is 23.2 Å². The highest BCUT2D eigenvalue weighted by Gasteiger charge is 2.28. The van der Waals surface area contributed by atoms with E-state index >= 15 is 0 Å². The van der Waals surface area contributed by atoms with Gasteiger partial charge >= 0.3 is 0 Å². The molecule has 0 saturated heterocycles. The molecule has 0 spiro atoms. The van der Waals surface area contributed by atoms with Crippen LogP contribution in [0.2, 0.25) is 10.0 Å². The quantitative estimate of drug-likeness (QED) is 0.476. The second kappa shape index (κ2) is 8.49. The van der Waals surface area contributed by atoms with E-state index in [1.165, 1.54) is 4.68 Å². The normalized spacial score (nSPS) is 11.5. The molecule has 0 aliphatic heterocycles. The number of carbonyl (C=O) groups is 1. The molecule has 2 aromatic carbocycles. The molecule has 1 N–H and O–H groups in total. The van der Waals surface area contributed by atoms with Crippen molar-refractivity contribution in [3.05, 3.63) is 87.9 Å². The molecule has 2 heterocycles. The van der Waals surface area contributed by atoms with E-state index in [9.17, 15) is 4.79 Å². The monoisotopic (exact) mass is 455 g/mol. The van der Waals surface area contributed by atoms with Gasteiger partial charge in [-0.2, -0.15) is 0 Å². The molecule has 1 amide bonds. The summed E-state index contributed by atoms with van der Waals surface area (Å²) >= 11 is 11.9. The fraction of sp³-hybridized carbons (Fsp3) is 0.190. The Morgan fingerprint density at radius 2 is 1.77 bits per heavy atom. The third-order valence-corrected chi connectivity index (χ3v) is 5.15. The van der Waals surface area contributed by atoms with Crippen LogP contribution in [0.4, 0.5) is 0 Å². The smallest absolute Gasteiger partial charge is 0.274 e. The van der Waals surface area contributed by atoms with E-state index in [0.717, 1.165) is 5.56 Å². The van der Waals surface area contributed by atoms with Gasteiger partial charge in [0.2, 0.25) is 0 Å². The topological polar surface area (TPSA) is 90.5 Å². The predicted molar refractivity (Wildman–Crippen MR) is 117 cm³/mol. The fourth-order valence-corrected chi connectivity index (χ4v) is 3.27. The number of aromatic nitrogens is 6. The van der Waals surface area contributed by atoms with Crippen LogP contribution in [0.25, 0.3) is 5.69 Å². The molecule has 8 nitrogen and oxygen atoms in total. The van der Waals surface area contributed by atoms with Gasteiger partial charge in [-0.3, -0.25) is 4.79 Å². The number of carbonyl (C=O) groups excluding carboxylic acids is 1. The second-order valence-electron chi connectivity index (χ2n) is 7.54. The minimum atomic E-state index is -0.769. The molecule has 0 saturated carbocycles. The van der Waals surface area contributed by atoms with Gasteiger partial charge in [0.05, 0.1) is 30.2 Å². The minimum Gasteiger partial charge on any atom is -0.340 e. The number of halogens is 2. The summed E-state index contributed by atoms with van der Waals surface area (Å²) in [5.41, 5.74) is 1.79. The molecule has 0 aliphatic rings. The molecule has 0 atom stereocenters. The van der Waals surface area contributed by atoms with Crippen LogP contribution in [0, 0.1) is 0 Å². The molecule has 2 aromatic heterocycles. The van der Waals surface area contributed by atoms with E-state index in [2.05, 4.69) is 25.9 Å². The van der Waals surface area contributed by atoms with Crippen molar-refractivity contribution in [1.82, 2.24) is 35.3 Å². The maximum absolute atomic E-state index is 12.8. The zero-order valence-corrected chi connectivity index (χ0v) is 18.3. The van der Waals surface area contributed by atoms with E-state index in [1.807, 2.05) is 44.2 Å². The Bertz CT molecular complexity index is 1210. The molecular weight excluding hydrogens is 437 g/mol. The van der Waals surface area contributed by atoms with Crippen LogP contribution in [0.15, 0.2) is 60.9 Å². The van der Waals surface area contributed by atoms with E-state index < -0.39 is 5.54 Å². The number of nitrogens with one attached hydrogen (secondary N) is 1. The predicted octanol–water partition coefficient (Wildman–Crippen LogP) is 3.88. The van der Waals surface area contributed by atoms with Crippen LogP contribution >= 0.6 is 23.2 Å². The molecule has 0 unspecified atom stereocenters. The van der Waals surface area contributed by atoms with Crippen molar-refractivity contribution in [1.29, 1.82) is 0 Å². The van der Waals surface area contributed by atoms with Crippen molar-refractivity contribution in [3.63, 3.8) is 0 Å². The largest absolute Gasteiger partial charge is 0.340 e. The number of hydrogen-bond acceptors (Lipinski definition) is 5. The molecule has 0 bridgehead atoms. The molecule has 31 heavy (non-hydrogen) atoms. The Balaban J connectivity index is 1.45. The number of rotatable bonds is 6. The van der Waals surface area contributed by atoms with Gasteiger partial charge in [-0.05, 0) is 49.7 Å². The van der Waals surface area contributed by atoms with Crippen LogP contribution < -0.4 is 5.32 Å². The zero-order chi connectivity index (χ0) is 22.0. The lowest BCUT2D eigenvalue weighted by molar-refractivity contribution is 0.0905. The van der Waals surface area contributed by atoms with Crippen molar-refractivity contribution in [2.45, 2.75) is 25.9 Å². The lowest BCUT2D eigenvalue weighted by Crippen LogP contribution is -2.41. The number of benzene rings is 2. The summed E-state index contributed by atoms with van der Waals surface area (Å²) in [6.07, 6.45) is 3.35. The first-order valence-corrected chi connectivity index (χ1v) is 10.2. The molecule has 158 valence electrons. The zero-order valence-electron chi connectivity index (χ0n) is 16.8. The van der Waals surface area contributed by atoms with Gasteiger partial charge in [-0.1, -0.05) is 51.8 Å². The van der Waals surface area contributed by atoms with Crippen molar-refractivity contribution < 1.29 is 4.79 Å². The Hall–Kier alpha value is -3.23. The summed E-state index contributed by atoms with van der Waals surface area (Å²) in [5.74, 6) is -0.370. The molecule has 0 aliphatic carbocycles. The van der Waals surface area contributed by atoms with Crippen LogP contribution in [0.3, 0.4) is 0 Å². The summed E-state index contributed by atoms with van der Waals surface area (Å²) in [6.45, 7) is 4.24. The number of hydrogen-bond donors (Lipinski definition) is 1. The van der Waals surface area contributed by atoms with Gasteiger partial charge in [0.15, 0.2) is 5.69 Å². The van der Waals surface area contributed by atoms with Gasteiger partial charge in [-0.25, -0.2) is 9.36 Å². The van der Waals surface area contributed by atoms with Crippen molar-refractivity contribution in [2.24, 2.45) is 0 Å². The van der Waals surface area contributed by atoms with E-state index in [-0.39, 0.29) is 11.6 Å². The first kappa shape index (κ1) is 21.0. The SMILES string of the molecule is CC(C)(NC(=O)c1cn(-c2cccc(Cl)c2)nn1)c1cn(Cc2ccc(Cl)cc2)nn1. The summed E-state index contributed by atoms with van der Waals surface area (Å²) < 4.78 is 3.21. The van der Waals surface area contributed by atoms with Gasteiger partial charge in [0.1, 0.15) is 5.69 Å². The second-order valence-corrected chi connectivity index (χ2v) is 8.41.